The van der Waals surface area contributed by atoms with Crippen LogP contribution in [0.25, 0.3) is 0 Å². The number of benzene rings is 2. The molecule has 1 aliphatic rings. The van der Waals surface area contributed by atoms with E-state index in [4.69, 9.17) is 0 Å². The van der Waals surface area contributed by atoms with Crippen molar-refractivity contribution in [1.82, 2.24) is 4.90 Å². The van der Waals surface area contributed by atoms with Gasteiger partial charge in [0.1, 0.15) is 0 Å². The molecule has 0 bridgehead atoms. The highest BCUT2D eigenvalue weighted by Gasteiger charge is 2.38. The van der Waals surface area contributed by atoms with Gasteiger partial charge in [0.2, 0.25) is 0 Å². The lowest BCUT2D eigenvalue weighted by Gasteiger charge is -2.13. The topological polar surface area (TPSA) is 97.6 Å². The first-order chi connectivity index (χ1) is 14.0. The average molecular weight is 406 g/mol. The molecule has 0 fully saturated rings. The van der Waals surface area contributed by atoms with Crippen molar-refractivity contribution in [3.05, 3.63) is 97.2 Å². The van der Waals surface area contributed by atoms with Crippen molar-refractivity contribution in [3.63, 3.8) is 0 Å². The molecule has 3 aromatic rings. The third-order valence-corrected chi connectivity index (χ3v) is 5.61. The molecule has 7 nitrogen and oxygen atoms in total. The number of hydrogen-bond acceptors (Lipinski definition) is 6. The lowest BCUT2D eigenvalue weighted by atomic mass is 9.99. The van der Waals surface area contributed by atoms with Gasteiger partial charge in [-0.1, -0.05) is 36.4 Å². The molecule has 0 aliphatic carbocycles. The Balaban J connectivity index is 1.70. The summed E-state index contributed by atoms with van der Waals surface area (Å²) >= 11 is 1.24. The molecule has 0 saturated carbocycles. The Kier molecular flexibility index (Phi) is 4.77. The van der Waals surface area contributed by atoms with E-state index in [9.17, 15) is 24.5 Å². The first-order valence-electron chi connectivity index (χ1n) is 8.74. The van der Waals surface area contributed by atoms with E-state index < -0.39 is 16.7 Å². The summed E-state index contributed by atoms with van der Waals surface area (Å²) < 4.78 is 0. The first kappa shape index (κ1) is 18.7. The number of amides is 2. The molecule has 4 rings (SSSR count). The van der Waals surface area contributed by atoms with Gasteiger partial charge in [0.25, 0.3) is 17.5 Å². The van der Waals surface area contributed by atoms with Crippen LogP contribution in [0.4, 0.5) is 5.69 Å². The van der Waals surface area contributed by atoms with Gasteiger partial charge < -0.3 is 0 Å². The molecule has 2 aromatic carbocycles. The third-order valence-electron chi connectivity index (χ3n) is 4.70. The monoisotopic (exact) mass is 406 g/mol. The summed E-state index contributed by atoms with van der Waals surface area (Å²) in [4.78, 5) is 50.4. The van der Waals surface area contributed by atoms with Gasteiger partial charge in [-0.15, -0.1) is 11.3 Å². The van der Waals surface area contributed by atoms with E-state index in [2.05, 4.69) is 0 Å². The van der Waals surface area contributed by atoms with E-state index in [1.54, 1.807) is 41.8 Å². The Bertz CT molecular complexity index is 1140. The number of imide groups is 1. The van der Waals surface area contributed by atoms with E-state index in [1.165, 1.54) is 17.4 Å². The Hall–Kier alpha value is -3.65. The van der Waals surface area contributed by atoms with Crippen LogP contribution in [-0.2, 0) is 13.0 Å². The molecule has 29 heavy (non-hydrogen) atoms. The van der Waals surface area contributed by atoms with Crippen LogP contribution in [0.1, 0.15) is 41.5 Å². The smallest absolute Gasteiger partial charge is 0.273 e. The SMILES string of the molecule is O=C(Cc1cc2c(cc1[N+](=O)[O-])C(=O)N(Cc1ccccc1)C2=O)c1cccs1. The quantitative estimate of drug-likeness (QED) is 0.268. The predicted octanol–water partition coefficient (Wildman–Crippen LogP) is 3.88. The molecule has 144 valence electrons. The summed E-state index contributed by atoms with van der Waals surface area (Å²) in [6.07, 6.45) is -0.218. The fraction of sp³-hybridized carbons (Fsp3) is 0.0952. The van der Waals surface area contributed by atoms with Gasteiger partial charge in [0.05, 0.1) is 27.5 Å². The maximum Gasteiger partial charge on any atom is 0.273 e. The molecule has 8 heteroatoms. The van der Waals surface area contributed by atoms with Crippen molar-refractivity contribution < 1.29 is 19.3 Å². The van der Waals surface area contributed by atoms with Gasteiger partial charge in [0, 0.05) is 18.1 Å². The molecule has 2 amide bonds. The first-order valence-corrected chi connectivity index (χ1v) is 9.62. The summed E-state index contributed by atoms with van der Waals surface area (Å²) in [5, 5.41) is 13.3. The molecule has 2 heterocycles. The van der Waals surface area contributed by atoms with Gasteiger partial charge in [-0.05, 0) is 23.1 Å². The van der Waals surface area contributed by atoms with Crippen LogP contribution < -0.4 is 0 Å². The van der Waals surface area contributed by atoms with Crippen LogP contribution in [0, 0.1) is 10.1 Å². The molecule has 0 radical (unpaired) electrons. The number of nitro groups is 1. The lowest BCUT2D eigenvalue weighted by molar-refractivity contribution is -0.385. The number of hydrogen-bond donors (Lipinski definition) is 0. The predicted molar refractivity (Wildman–Crippen MR) is 106 cm³/mol. The highest BCUT2D eigenvalue weighted by molar-refractivity contribution is 7.12. The maximum absolute atomic E-state index is 12.8. The average Bonchev–Trinajstić information content (AvgIpc) is 3.32. The molecular weight excluding hydrogens is 392 g/mol. The van der Waals surface area contributed by atoms with Gasteiger partial charge in [-0.2, -0.15) is 0 Å². The minimum Gasteiger partial charge on any atom is -0.293 e. The number of carbonyl (C=O) groups is 3. The number of rotatable bonds is 6. The van der Waals surface area contributed by atoms with E-state index in [0.717, 1.165) is 16.5 Å². The molecule has 0 N–H and O–H groups in total. The summed E-state index contributed by atoms with van der Waals surface area (Å²) in [5.41, 5.74) is 0.631. The van der Waals surface area contributed by atoms with Crippen molar-refractivity contribution in [2.75, 3.05) is 0 Å². The number of nitro benzene ring substituents is 1. The Morgan fingerprint density at radius 3 is 2.31 bits per heavy atom. The number of carbonyl (C=O) groups excluding carboxylic acids is 3. The number of nitrogens with zero attached hydrogens (tertiary/aromatic N) is 2. The summed E-state index contributed by atoms with van der Waals surface area (Å²) in [5.74, 6) is -1.37. The van der Waals surface area contributed by atoms with Gasteiger partial charge >= 0.3 is 0 Å². The summed E-state index contributed by atoms with van der Waals surface area (Å²) in [6.45, 7) is 0.0739. The molecule has 1 aromatic heterocycles. The minimum atomic E-state index is -0.630. The molecular formula is C21H14N2O5S. The second-order valence-electron chi connectivity index (χ2n) is 6.54. The van der Waals surface area contributed by atoms with Crippen LogP contribution in [0.5, 0.6) is 0 Å². The molecule has 0 saturated heterocycles. The zero-order valence-electron chi connectivity index (χ0n) is 15.0. The number of Topliss-reactive ketones (excluding diaryl/α,β-unsaturated/α-hetero) is 1. The van der Waals surface area contributed by atoms with Gasteiger partial charge in [-0.25, -0.2) is 0 Å². The molecule has 0 unspecified atom stereocenters. The van der Waals surface area contributed by atoms with Gasteiger partial charge in [0.15, 0.2) is 5.78 Å². The van der Waals surface area contributed by atoms with Crippen molar-refractivity contribution in [2.45, 2.75) is 13.0 Å². The van der Waals surface area contributed by atoms with Crippen LogP contribution in [-0.4, -0.2) is 27.4 Å². The van der Waals surface area contributed by atoms with E-state index in [1.807, 2.05) is 6.07 Å². The van der Waals surface area contributed by atoms with Crippen molar-refractivity contribution in [1.29, 1.82) is 0 Å². The third kappa shape index (κ3) is 3.45. The Morgan fingerprint density at radius 1 is 1.00 bits per heavy atom. The van der Waals surface area contributed by atoms with Crippen LogP contribution >= 0.6 is 11.3 Å². The Labute approximate surface area is 169 Å². The second-order valence-corrected chi connectivity index (χ2v) is 7.49. The summed E-state index contributed by atoms with van der Waals surface area (Å²) in [6, 6.07) is 14.8. The largest absolute Gasteiger partial charge is 0.293 e. The standard InChI is InChI=1S/C21H14N2O5S/c24-18(19-7-4-8-29-19)10-14-9-15-16(11-17(14)23(27)28)21(26)22(20(15)25)12-13-5-2-1-3-6-13/h1-9,11H,10,12H2. The van der Waals surface area contributed by atoms with E-state index in [-0.39, 0.29) is 41.1 Å². The highest BCUT2D eigenvalue weighted by Crippen LogP contribution is 2.32. The number of thiophene rings is 1. The fourth-order valence-corrected chi connectivity index (χ4v) is 3.95. The molecule has 1 aliphatic heterocycles. The van der Waals surface area contributed by atoms with Crippen molar-refractivity contribution in [2.24, 2.45) is 0 Å². The van der Waals surface area contributed by atoms with Crippen molar-refractivity contribution in [3.8, 4) is 0 Å². The van der Waals surface area contributed by atoms with Crippen LogP contribution in [0.15, 0.2) is 60.0 Å². The van der Waals surface area contributed by atoms with E-state index in [0.29, 0.717) is 4.88 Å². The van der Waals surface area contributed by atoms with Gasteiger partial charge in [-0.3, -0.25) is 29.4 Å². The summed E-state index contributed by atoms with van der Waals surface area (Å²) in [7, 11) is 0. The highest BCUT2D eigenvalue weighted by atomic mass is 32.1. The lowest BCUT2D eigenvalue weighted by Crippen LogP contribution is -2.29. The maximum atomic E-state index is 12.8. The Morgan fingerprint density at radius 2 is 1.69 bits per heavy atom. The van der Waals surface area contributed by atoms with E-state index >= 15 is 0 Å². The number of fused-ring (bicyclic) bond motifs is 1. The van der Waals surface area contributed by atoms with Crippen LogP contribution in [0.2, 0.25) is 0 Å². The van der Waals surface area contributed by atoms with Crippen molar-refractivity contribution >= 4 is 34.6 Å². The molecule has 0 spiro atoms. The second kappa shape index (κ2) is 7.40. The normalized spacial score (nSPS) is 12.9. The zero-order valence-corrected chi connectivity index (χ0v) is 15.8. The number of ketones is 1. The minimum absolute atomic E-state index is 0.00930. The van der Waals surface area contributed by atoms with Crippen LogP contribution in [0.3, 0.4) is 0 Å². The fourth-order valence-electron chi connectivity index (χ4n) is 3.29. The molecule has 0 atom stereocenters. The zero-order chi connectivity index (χ0) is 20.5.